The summed E-state index contributed by atoms with van der Waals surface area (Å²) in [5.74, 6) is 0. The van der Waals surface area contributed by atoms with Crippen LogP contribution in [0, 0.1) is 0 Å². The molecule has 20 heavy (non-hydrogen) atoms. The average molecular weight is 297 g/mol. The normalized spacial score (nSPS) is 20.8. The van der Waals surface area contributed by atoms with Crippen LogP contribution in [-0.2, 0) is 10.2 Å². The number of nitrogens with zero attached hydrogens (tertiary/aromatic N) is 2. The van der Waals surface area contributed by atoms with Crippen LogP contribution in [0.2, 0.25) is 0 Å². The number of piperidine rings is 1. The van der Waals surface area contributed by atoms with Crippen LogP contribution in [0.15, 0.2) is 24.3 Å². The van der Waals surface area contributed by atoms with E-state index in [-0.39, 0.29) is 6.04 Å². The molecule has 1 saturated heterocycles. The second-order valence-corrected chi connectivity index (χ2v) is 6.99. The standard InChI is InChI=1S/C14H23N3O2S/c1-3-16(14-10-5-4-9-13(14)15)20(18,19)17-11-7-6-8-12(17)2/h4-5,9-10,12H,3,6-8,11,15H2,1-2H3. The number of benzene rings is 1. The van der Waals surface area contributed by atoms with Gasteiger partial charge in [-0.3, -0.25) is 4.31 Å². The Morgan fingerprint density at radius 3 is 2.65 bits per heavy atom. The first-order chi connectivity index (χ1) is 9.48. The molecule has 0 bridgehead atoms. The summed E-state index contributed by atoms with van der Waals surface area (Å²) in [7, 11) is -3.51. The Balaban J connectivity index is 2.37. The summed E-state index contributed by atoms with van der Waals surface area (Å²) in [6.07, 6.45) is 2.93. The van der Waals surface area contributed by atoms with Gasteiger partial charge in [-0.1, -0.05) is 18.6 Å². The number of rotatable bonds is 4. The zero-order chi connectivity index (χ0) is 14.8. The first kappa shape index (κ1) is 15.1. The molecule has 1 heterocycles. The van der Waals surface area contributed by atoms with Gasteiger partial charge in [-0.05, 0) is 38.8 Å². The maximum absolute atomic E-state index is 12.9. The van der Waals surface area contributed by atoms with Gasteiger partial charge in [-0.2, -0.15) is 12.7 Å². The first-order valence-corrected chi connectivity index (χ1v) is 8.52. The third-order valence-corrected chi connectivity index (χ3v) is 5.96. The quantitative estimate of drug-likeness (QED) is 0.867. The molecule has 0 amide bonds. The molecular weight excluding hydrogens is 274 g/mol. The van der Waals surface area contributed by atoms with Gasteiger partial charge in [-0.25, -0.2) is 0 Å². The van der Waals surface area contributed by atoms with E-state index in [1.54, 1.807) is 16.4 Å². The van der Waals surface area contributed by atoms with Crippen LogP contribution in [0.25, 0.3) is 0 Å². The van der Waals surface area contributed by atoms with Crippen LogP contribution in [-0.4, -0.2) is 31.9 Å². The van der Waals surface area contributed by atoms with E-state index < -0.39 is 10.2 Å². The van der Waals surface area contributed by atoms with Crippen LogP contribution in [0.3, 0.4) is 0 Å². The largest absolute Gasteiger partial charge is 0.397 e. The minimum absolute atomic E-state index is 0.0488. The zero-order valence-electron chi connectivity index (χ0n) is 12.1. The topological polar surface area (TPSA) is 66.6 Å². The van der Waals surface area contributed by atoms with Crippen molar-refractivity contribution in [2.24, 2.45) is 0 Å². The highest BCUT2D eigenvalue weighted by Crippen LogP contribution is 2.29. The maximum atomic E-state index is 12.9. The van der Waals surface area contributed by atoms with Crippen molar-refractivity contribution in [3.63, 3.8) is 0 Å². The molecule has 0 radical (unpaired) electrons. The molecule has 0 aromatic heterocycles. The Hall–Kier alpha value is -1.27. The van der Waals surface area contributed by atoms with E-state index in [2.05, 4.69) is 0 Å². The highest BCUT2D eigenvalue weighted by atomic mass is 32.2. The molecule has 112 valence electrons. The second kappa shape index (κ2) is 6.01. The van der Waals surface area contributed by atoms with Crippen LogP contribution in [0.4, 0.5) is 11.4 Å². The molecule has 2 rings (SSSR count). The van der Waals surface area contributed by atoms with Gasteiger partial charge in [0.05, 0.1) is 11.4 Å². The third kappa shape index (κ3) is 2.76. The Morgan fingerprint density at radius 2 is 2.05 bits per heavy atom. The minimum atomic E-state index is -3.51. The number of anilines is 2. The lowest BCUT2D eigenvalue weighted by Gasteiger charge is -2.37. The summed E-state index contributed by atoms with van der Waals surface area (Å²) in [6, 6.07) is 7.15. The van der Waals surface area contributed by atoms with Crippen molar-refractivity contribution in [2.45, 2.75) is 39.2 Å². The van der Waals surface area contributed by atoms with Crippen LogP contribution >= 0.6 is 0 Å². The summed E-state index contributed by atoms with van der Waals surface area (Å²) >= 11 is 0. The lowest BCUT2D eigenvalue weighted by atomic mass is 10.1. The van der Waals surface area contributed by atoms with Crippen molar-refractivity contribution in [3.05, 3.63) is 24.3 Å². The van der Waals surface area contributed by atoms with E-state index in [0.29, 0.717) is 24.5 Å². The number of hydrogen-bond donors (Lipinski definition) is 1. The molecule has 1 aliphatic rings. The summed E-state index contributed by atoms with van der Waals surface area (Å²) in [6.45, 7) is 4.77. The fourth-order valence-corrected chi connectivity index (χ4v) is 4.63. The van der Waals surface area contributed by atoms with Crippen molar-refractivity contribution in [2.75, 3.05) is 23.1 Å². The first-order valence-electron chi connectivity index (χ1n) is 7.12. The smallest absolute Gasteiger partial charge is 0.304 e. The fourth-order valence-electron chi connectivity index (χ4n) is 2.71. The lowest BCUT2D eigenvalue weighted by molar-refractivity contribution is 0.268. The molecule has 1 aromatic carbocycles. The molecule has 6 heteroatoms. The minimum Gasteiger partial charge on any atom is -0.397 e. The molecule has 1 atom stereocenters. The summed E-state index contributed by atoms with van der Waals surface area (Å²) in [5, 5.41) is 0. The average Bonchev–Trinajstić information content (AvgIpc) is 2.42. The summed E-state index contributed by atoms with van der Waals surface area (Å²) in [5.41, 5.74) is 6.98. The van der Waals surface area contributed by atoms with E-state index in [0.717, 1.165) is 19.3 Å². The van der Waals surface area contributed by atoms with Gasteiger partial charge in [0.15, 0.2) is 0 Å². The Kier molecular flexibility index (Phi) is 4.55. The van der Waals surface area contributed by atoms with Gasteiger partial charge in [0.1, 0.15) is 0 Å². The fraction of sp³-hybridized carbons (Fsp3) is 0.571. The van der Waals surface area contributed by atoms with Crippen molar-refractivity contribution < 1.29 is 8.42 Å². The van der Waals surface area contributed by atoms with Crippen LogP contribution in [0.1, 0.15) is 33.1 Å². The van der Waals surface area contributed by atoms with Gasteiger partial charge in [0.25, 0.3) is 0 Å². The third-order valence-electron chi connectivity index (χ3n) is 3.81. The molecule has 0 saturated carbocycles. The lowest BCUT2D eigenvalue weighted by Crippen LogP contribution is -2.50. The molecule has 1 aromatic rings. The molecule has 0 spiro atoms. The van der Waals surface area contributed by atoms with Gasteiger partial charge in [-0.15, -0.1) is 0 Å². The molecule has 5 nitrogen and oxygen atoms in total. The highest BCUT2D eigenvalue weighted by molar-refractivity contribution is 7.90. The maximum Gasteiger partial charge on any atom is 0.304 e. The van der Waals surface area contributed by atoms with Gasteiger partial charge in [0, 0.05) is 19.1 Å². The van der Waals surface area contributed by atoms with E-state index >= 15 is 0 Å². The number of nitrogens with two attached hydrogens (primary N) is 1. The molecule has 0 aliphatic carbocycles. The van der Waals surface area contributed by atoms with Crippen LogP contribution < -0.4 is 10.0 Å². The summed E-state index contributed by atoms with van der Waals surface area (Å²) in [4.78, 5) is 0. The van der Waals surface area contributed by atoms with Crippen molar-refractivity contribution >= 4 is 21.6 Å². The SMILES string of the molecule is CCN(c1ccccc1N)S(=O)(=O)N1CCCCC1C. The Morgan fingerprint density at radius 1 is 1.35 bits per heavy atom. The second-order valence-electron chi connectivity index (χ2n) is 5.19. The van der Waals surface area contributed by atoms with E-state index in [1.807, 2.05) is 26.0 Å². The molecule has 1 aliphatic heterocycles. The molecular formula is C14H23N3O2S. The zero-order valence-corrected chi connectivity index (χ0v) is 12.9. The number of para-hydroxylation sites is 2. The van der Waals surface area contributed by atoms with E-state index in [9.17, 15) is 8.42 Å². The predicted octanol–water partition coefficient (Wildman–Crippen LogP) is 2.21. The van der Waals surface area contributed by atoms with Crippen molar-refractivity contribution in [1.82, 2.24) is 4.31 Å². The highest BCUT2D eigenvalue weighted by Gasteiger charge is 2.34. The van der Waals surface area contributed by atoms with Gasteiger partial charge in [0.2, 0.25) is 0 Å². The monoisotopic (exact) mass is 297 g/mol. The Bertz CT molecular complexity index is 559. The van der Waals surface area contributed by atoms with Gasteiger partial charge >= 0.3 is 10.2 Å². The predicted molar refractivity (Wildman–Crippen MR) is 82.8 cm³/mol. The Labute approximate surface area is 121 Å². The van der Waals surface area contributed by atoms with E-state index in [4.69, 9.17) is 5.73 Å². The molecule has 1 fully saturated rings. The number of hydrogen-bond acceptors (Lipinski definition) is 3. The summed E-state index contributed by atoms with van der Waals surface area (Å²) < 4.78 is 28.8. The van der Waals surface area contributed by atoms with Crippen LogP contribution in [0.5, 0.6) is 0 Å². The van der Waals surface area contributed by atoms with E-state index in [1.165, 1.54) is 4.31 Å². The molecule has 2 N–H and O–H groups in total. The van der Waals surface area contributed by atoms with Crippen molar-refractivity contribution in [3.8, 4) is 0 Å². The molecule has 1 unspecified atom stereocenters. The van der Waals surface area contributed by atoms with Crippen molar-refractivity contribution in [1.29, 1.82) is 0 Å². The number of nitrogen functional groups attached to an aromatic ring is 1. The van der Waals surface area contributed by atoms with Gasteiger partial charge < -0.3 is 5.73 Å².